The van der Waals surface area contributed by atoms with Gasteiger partial charge in [0.05, 0.1) is 11.7 Å². The van der Waals surface area contributed by atoms with Crippen molar-refractivity contribution in [2.45, 2.75) is 39.0 Å². The number of benzene rings is 1. The van der Waals surface area contributed by atoms with Crippen LogP contribution in [-0.4, -0.2) is 47.7 Å². The number of piperidine rings is 1. The molecule has 0 saturated carbocycles. The minimum Gasteiger partial charge on any atom is -0.300 e. The van der Waals surface area contributed by atoms with E-state index >= 15 is 0 Å². The number of sulfonamides is 1. The van der Waals surface area contributed by atoms with E-state index in [1.807, 2.05) is 37.3 Å². The molecule has 1 fully saturated rings. The molecule has 1 N–H and O–H groups in total. The van der Waals surface area contributed by atoms with Gasteiger partial charge in [-0.25, -0.2) is 12.7 Å². The minimum absolute atomic E-state index is 0.150. The van der Waals surface area contributed by atoms with Crippen molar-refractivity contribution in [2.75, 3.05) is 24.2 Å². The zero-order valence-electron chi connectivity index (χ0n) is 16.0. The van der Waals surface area contributed by atoms with E-state index in [9.17, 15) is 13.2 Å². The lowest BCUT2D eigenvalue weighted by Gasteiger charge is -2.31. The Kier molecular flexibility index (Phi) is 7.14. The van der Waals surface area contributed by atoms with Crippen LogP contribution in [0.3, 0.4) is 0 Å². The van der Waals surface area contributed by atoms with Crippen molar-refractivity contribution in [3.8, 4) is 0 Å². The Bertz CT molecular complexity index is 884. The van der Waals surface area contributed by atoms with Crippen LogP contribution in [0.4, 0.5) is 5.13 Å². The number of amides is 1. The van der Waals surface area contributed by atoms with Gasteiger partial charge >= 0.3 is 0 Å². The summed E-state index contributed by atoms with van der Waals surface area (Å²) in [6.45, 7) is 2.71. The predicted octanol–water partition coefficient (Wildman–Crippen LogP) is 2.91. The highest BCUT2D eigenvalue weighted by atomic mass is 32.2. The summed E-state index contributed by atoms with van der Waals surface area (Å²) in [7, 11) is -3.29. The SMILES string of the molecule is CCCCS(=O)(=O)N1CCC[C@@H](C(=O)Nc2nnc(Cc3ccccc3)s2)C1. The summed E-state index contributed by atoms with van der Waals surface area (Å²) in [6.07, 6.45) is 3.52. The Morgan fingerprint density at radius 2 is 2.07 bits per heavy atom. The summed E-state index contributed by atoms with van der Waals surface area (Å²) in [4.78, 5) is 12.6. The molecule has 3 rings (SSSR count). The predicted molar refractivity (Wildman–Crippen MR) is 111 cm³/mol. The van der Waals surface area contributed by atoms with Crippen LogP contribution in [0.1, 0.15) is 43.2 Å². The van der Waals surface area contributed by atoms with Crippen molar-refractivity contribution in [1.82, 2.24) is 14.5 Å². The molecule has 152 valence electrons. The van der Waals surface area contributed by atoms with E-state index in [0.717, 1.165) is 17.0 Å². The third-order valence-corrected chi connectivity index (χ3v) is 7.56. The molecule has 2 aromatic rings. The van der Waals surface area contributed by atoms with Gasteiger partial charge in [0.25, 0.3) is 0 Å². The lowest BCUT2D eigenvalue weighted by molar-refractivity contribution is -0.120. The Morgan fingerprint density at radius 1 is 1.29 bits per heavy atom. The van der Waals surface area contributed by atoms with Crippen LogP contribution in [0.2, 0.25) is 0 Å². The fraction of sp³-hybridized carbons (Fsp3) is 0.526. The number of aromatic nitrogens is 2. The first-order chi connectivity index (χ1) is 13.5. The van der Waals surface area contributed by atoms with Crippen molar-refractivity contribution < 1.29 is 13.2 Å². The van der Waals surface area contributed by atoms with Crippen molar-refractivity contribution >= 4 is 32.4 Å². The first-order valence-electron chi connectivity index (χ1n) is 9.63. The Hall–Kier alpha value is -1.84. The van der Waals surface area contributed by atoms with Crippen LogP contribution < -0.4 is 5.32 Å². The van der Waals surface area contributed by atoms with Crippen LogP contribution >= 0.6 is 11.3 Å². The highest BCUT2D eigenvalue weighted by molar-refractivity contribution is 7.89. The van der Waals surface area contributed by atoms with Gasteiger partial charge < -0.3 is 5.32 Å². The molecule has 0 bridgehead atoms. The average Bonchev–Trinajstić information content (AvgIpc) is 3.14. The number of hydrogen-bond donors (Lipinski definition) is 1. The average molecular weight is 423 g/mol. The zero-order chi connectivity index (χ0) is 20.0. The largest absolute Gasteiger partial charge is 0.300 e. The topological polar surface area (TPSA) is 92.3 Å². The van der Waals surface area contributed by atoms with E-state index in [4.69, 9.17) is 0 Å². The Labute approximate surface area is 170 Å². The van der Waals surface area contributed by atoms with Crippen LogP contribution in [-0.2, 0) is 21.2 Å². The molecule has 2 heterocycles. The van der Waals surface area contributed by atoms with E-state index in [1.54, 1.807) is 0 Å². The number of rotatable bonds is 8. The molecule has 1 saturated heterocycles. The van der Waals surface area contributed by atoms with Gasteiger partial charge in [-0.2, -0.15) is 0 Å². The molecule has 0 unspecified atom stereocenters. The Balaban J connectivity index is 1.57. The van der Waals surface area contributed by atoms with Crippen LogP contribution in [0.25, 0.3) is 0 Å². The summed E-state index contributed by atoms with van der Waals surface area (Å²) in [5.41, 5.74) is 1.14. The van der Waals surface area contributed by atoms with E-state index in [-0.39, 0.29) is 24.1 Å². The second-order valence-electron chi connectivity index (χ2n) is 7.02. The maximum Gasteiger partial charge on any atom is 0.230 e. The minimum atomic E-state index is -3.29. The number of nitrogens with one attached hydrogen (secondary N) is 1. The number of carbonyl (C=O) groups is 1. The van der Waals surface area contributed by atoms with Gasteiger partial charge in [-0.15, -0.1) is 10.2 Å². The number of unbranched alkanes of at least 4 members (excludes halogenated alkanes) is 1. The molecular weight excluding hydrogens is 396 g/mol. The zero-order valence-corrected chi connectivity index (χ0v) is 17.6. The van der Waals surface area contributed by atoms with Gasteiger partial charge in [0.15, 0.2) is 0 Å². The first kappa shape index (κ1) is 20.9. The van der Waals surface area contributed by atoms with Gasteiger partial charge in [-0.1, -0.05) is 55.0 Å². The Morgan fingerprint density at radius 3 is 2.82 bits per heavy atom. The second-order valence-corrected chi connectivity index (χ2v) is 10.2. The smallest absolute Gasteiger partial charge is 0.230 e. The lowest BCUT2D eigenvalue weighted by Crippen LogP contribution is -2.44. The molecule has 1 aromatic carbocycles. The van der Waals surface area contributed by atoms with Crippen LogP contribution in [0.5, 0.6) is 0 Å². The maximum absolute atomic E-state index is 12.6. The molecule has 1 atom stereocenters. The quantitative estimate of drug-likeness (QED) is 0.706. The van der Waals surface area contributed by atoms with Gasteiger partial charge in [-0.05, 0) is 24.8 Å². The van der Waals surface area contributed by atoms with Gasteiger partial charge in [0.2, 0.25) is 21.1 Å². The summed E-state index contributed by atoms with van der Waals surface area (Å²) in [5.74, 6) is -0.388. The lowest BCUT2D eigenvalue weighted by atomic mass is 9.99. The highest BCUT2D eigenvalue weighted by Crippen LogP contribution is 2.23. The van der Waals surface area contributed by atoms with Crippen molar-refractivity contribution in [1.29, 1.82) is 0 Å². The van der Waals surface area contributed by atoms with Crippen molar-refractivity contribution in [3.05, 3.63) is 40.9 Å². The molecule has 7 nitrogen and oxygen atoms in total. The fourth-order valence-corrected chi connectivity index (χ4v) is 5.72. The van der Waals surface area contributed by atoms with Crippen LogP contribution in [0, 0.1) is 5.92 Å². The molecule has 1 aliphatic heterocycles. The molecule has 1 amide bonds. The number of carbonyl (C=O) groups excluding carboxylic acids is 1. The second kappa shape index (κ2) is 9.58. The molecule has 1 aromatic heterocycles. The number of nitrogens with zero attached hydrogens (tertiary/aromatic N) is 3. The van der Waals surface area contributed by atoms with Crippen molar-refractivity contribution in [3.63, 3.8) is 0 Å². The van der Waals surface area contributed by atoms with E-state index < -0.39 is 10.0 Å². The molecule has 0 aliphatic carbocycles. The third kappa shape index (κ3) is 5.59. The summed E-state index contributed by atoms with van der Waals surface area (Å²) >= 11 is 1.35. The monoisotopic (exact) mass is 422 g/mol. The van der Waals surface area contributed by atoms with Gasteiger partial charge in [-0.3, -0.25) is 4.79 Å². The van der Waals surface area contributed by atoms with E-state index in [0.29, 0.717) is 37.4 Å². The van der Waals surface area contributed by atoms with Gasteiger partial charge in [0.1, 0.15) is 5.01 Å². The molecule has 0 spiro atoms. The molecule has 0 radical (unpaired) electrons. The molecular formula is C19H26N4O3S2. The molecule has 28 heavy (non-hydrogen) atoms. The summed E-state index contributed by atoms with van der Waals surface area (Å²) in [5, 5.41) is 12.3. The maximum atomic E-state index is 12.6. The summed E-state index contributed by atoms with van der Waals surface area (Å²) in [6, 6.07) is 9.96. The highest BCUT2D eigenvalue weighted by Gasteiger charge is 2.32. The number of anilines is 1. The standard InChI is InChI=1S/C19H26N4O3S2/c1-2-3-12-28(25,26)23-11-7-10-16(14-23)18(24)20-19-22-21-17(27-19)13-15-8-5-4-6-9-15/h4-6,8-9,16H,2-3,7,10-14H2,1H3,(H,20,22,24)/t16-/m1/s1. The molecule has 9 heteroatoms. The summed E-state index contributed by atoms with van der Waals surface area (Å²) < 4.78 is 26.3. The number of hydrogen-bond acceptors (Lipinski definition) is 6. The van der Waals surface area contributed by atoms with Gasteiger partial charge in [0, 0.05) is 19.5 Å². The van der Waals surface area contributed by atoms with E-state index in [2.05, 4.69) is 15.5 Å². The fourth-order valence-electron chi connectivity index (χ4n) is 3.22. The normalized spacial score (nSPS) is 18.1. The molecule has 1 aliphatic rings. The van der Waals surface area contributed by atoms with Crippen LogP contribution in [0.15, 0.2) is 30.3 Å². The van der Waals surface area contributed by atoms with E-state index in [1.165, 1.54) is 15.6 Å². The third-order valence-electron chi connectivity index (χ3n) is 4.80. The first-order valence-corrected chi connectivity index (χ1v) is 12.1. The van der Waals surface area contributed by atoms with Crippen molar-refractivity contribution in [2.24, 2.45) is 5.92 Å².